The maximum absolute atomic E-state index is 12.0. The molecule has 5 nitrogen and oxygen atoms in total. The summed E-state index contributed by atoms with van der Waals surface area (Å²) in [6.07, 6.45) is 0.194. The van der Waals surface area contributed by atoms with Crippen molar-refractivity contribution in [2.75, 3.05) is 0 Å². The van der Waals surface area contributed by atoms with Crippen LogP contribution in [-0.2, 0) is 16.0 Å². The number of ether oxygens (including phenoxy) is 1. The van der Waals surface area contributed by atoms with Crippen LogP contribution in [0, 0.1) is 5.92 Å². The molecule has 2 unspecified atom stereocenters. The van der Waals surface area contributed by atoms with E-state index in [4.69, 9.17) is 9.84 Å². The monoisotopic (exact) mass is 293 g/mol. The topological polar surface area (TPSA) is 75.6 Å². The third-order valence-electron chi connectivity index (χ3n) is 3.21. The van der Waals surface area contributed by atoms with Crippen molar-refractivity contribution in [2.24, 2.45) is 5.92 Å². The molecule has 0 aliphatic heterocycles. The van der Waals surface area contributed by atoms with Gasteiger partial charge in [0, 0.05) is 11.6 Å². The van der Waals surface area contributed by atoms with Gasteiger partial charge in [0.25, 0.3) is 0 Å². The van der Waals surface area contributed by atoms with Gasteiger partial charge in [0.05, 0.1) is 18.4 Å². The van der Waals surface area contributed by atoms with Crippen LogP contribution in [0.3, 0.4) is 0 Å². The molecule has 2 atom stereocenters. The predicted molar refractivity (Wildman–Crippen MR) is 80.3 cm³/mol. The first-order chi connectivity index (χ1) is 9.81. The number of amides is 1. The Bertz CT molecular complexity index is 499. The summed E-state index contributed by atoms with van der Waals surface area (Å²) < 4.78 is 5.66. The van der Waals surface area contributed by atoms with Gasteiger partial charge in [-0.2, -0.15) is 0 Å². The molecular formula is C16H23NO4. The smallest absolute Gasteiger partial charge is 0.308 e. The summed E-state index contributed by atoms with van der Waals surface area (Å²) >= 11 is 0. The van der Waals surface area contributed by atoms with Crippen LogP contribution in [0.1, 0.15) is 33.3 Å². The molecule has 0 aliphatic carbocycles. The Balaban J connectivity index is 2.69. The number of nitrogens with one attached hydrogen (secondary N) is 1. The number of benzene rings is 1. The zero-order chi connectivity index (χ0) is 16.0. The van der Waals surface area contributed by atoms with Crippen LogP contribution in [0.2, 0.25) is 0 Å². The molecule has 1 aromatic rings. The van der Waals surface area contributed by atoms with Crippen molar-refractivity contribution >= 4 is 11.9 Å². The van der Waals surface area contributed by atoms with E-state index >= 15 is 0 Å². The summed E-state index contributed by atoms with van der Waals surface area (Å²) in [6.45, 7) is 7.11. The predicted octanol–water partition coefficient (Wildman–Crippen LogP) is 2.24. The van der Waals surface area contributed by atoms with Gasteiger partial charge in [-0.3, -0.25) is 9.59 Å². The van der Waals surface area contributed by atoms with Crippen molar-refractivity contribution in [2.45, 2.75) is 46.3 Å². The van der Waals surface area contributed by atoms with Crippen LogP contribution in [0.5, 0.6) is 5.75 Å². The van der Waals surface area contributed by atoms with E-state index in [1.54, 1.807) is 13.8 Å². The first kappa shape index (κ1) is 17.0. The molecule has 5 heteroatoms. The third-order valence-corrected chi connectivity index (χ3v) is 3.21. The van der Waals surface area contributed by atoms with Crippen molar-refractivity contribution in [3.8, 4) is 5.75 Å². The fourth-order valence-electron chi connectivity index (χ4n) is 1.84. The van der Waals surface area contributed by atoms with Crippen LogP contribution >= 0.6 is 0 Å². The van der Waals surface area contributed by atoms with Crippen molar-refractivity contribution in [3.05, 3.63) is 29.8 Å². The van der Waals surface area contributed by atoms with E-state index in [0.717, 1.165) is 5.56 Å². The van der Waals surface area contributed by atoms with Crippen LogP contribution < -0.4 is 10.1 Å². The Labute approximate surface area is 125 Å². The highest BCUT2D eigenvalue weighted by Crippen LogP contribution is 2.20. The Morgan fingerprint density at radius 3 is 2.38 bits per heavy atom. The van der Waals surface area contributed by atoms with E-state index in [0.29, 0.717) is 5.75 Å². The minimum atomic E-state index is -0.925. The van der Waals surface area contributed by atoms with Crippen molar-refractivity contribution in [1.82, 2.24) is 5.32 Å². The van der Waals surface area contributed by atoms with Gasteiger partial charge >= 0.3 is 5.97 Å². The van der Waals surface area contributed by atoms with Gasteiger partial charge in [-0.1, -0.05) is 18.2 Å². The minimum absolute atomic E-state index is 0.0279. The molecule has 116 valence electrons. The highest BCUT2D eigenvalue weighted by molar-refractivity contribution is 5.80. The fourth-order valence-corrected chi connectivity index (χ4v) is 1.84. The van der Waals surface area contributed by atoms with Gasteiger partial charge in [-0.15, -0.1) is 0 Å². The van der Waals surface area contributed by atoms with Crippen LogP contribution in [0.15, 0.2) is 24.3 Å². The number of carboxylic acid groups (broad SMARTS) is 1. The molecule has 0 bridgehead atoms. The average molecular weight is 293 g/mol. The second-order valence-electron chi connectivity index (χ2n) is 5.43. The van der Waals surface area contributed by atoms with Crippen LogP contribution in [0.4, 0.5) is 0 Å². The number of carbonyl (C=O) groups excluding carboxylic acids is 1. The normalized spacial score (nSPS) is 13.6. The molecule has 0 heterocycles. The van der Waals surface area contributed by atoms with Gasteiger partial charge in [-0.05, 0) is 33.8 Å². The lowest BCUT2D eigenvalue weighted by molar-refractivity contribution is -0.142. The first-order valence-corrected chi connectivity index (χ1v) is 7.08. The number of para-hydroxylation sites is 1. The molecule has 1 aromatic carbocycles. The van der Waals surface area contributed by atoms with E-state index in [1.165, 1.54) is 0 Å². The van der Waals surface area contributed by atoms with Crippen molar-refractivity contribution in [1.29, 1.82) is 0 Å². The Hall–Kier alpha value is -2.04. The van der Waals surface area contributed by atoms with Crippen molar-refractivity contribution in [3.63, 3.8) is 0 Å². The van der Waals surface area contributed by atoms with Gasteiger partial charge in [0.15, 0.2) is 0 Å². The van der Waals surface area contributed by atoms with E-state index in [-0.39, 0.29) is 18.4 Å². The SMILES string of the molecule is CC(C)Oc1ccccc1CC(=O)NC(C)C(C)C(=O)O. The second kappa shape index (κ2) is 7.67. The molecular weight excluding hydrogens is 270 g/mol. The standard InChI is InChI=1S/C16H23NO4/c1-10(2)21-14-8-6-5-7-13(14)9-15(18)17-12(4)11(3)16(19)20/h5-8,10-12H,9H2,1-4H3,(H,17,18)(H,19,20). The molecule has 0 spiro atoms. The lowest BCUT2D eigenvalue weighted by Crippen LogP contribution is -2.40. The summed E-state index contributed by atoms with van der Waals surface area (Å²) in [5.41, 5.74) is 0.791. The molecule has 1 amide bonds. The van der Waals surface area contributed by atoms with E-state index in [9.17, 15) is 9.59 Å². The highest BCUT2D eigenvalue weighted by atomic mass is 16.5. The third kappa shape index (κ3) is 5.45. The largest absolute Gasteiger partial charge is 0.491 e. The number of aliphatic carboxylic acids is 1. The Morgan fingerprint density at radius 2 is 1.81 bits per heavy atom. The molecule has 0 saturated heterocycles. The molecule has 2 N–H and O–H groups in total. The van der Waals surface area contributed by atoms with Gasteiger partial charge in [0.1, 0.15) is 5.75 Å². The summed E-state index contributed by atoms with van der Waals surface area (Å²) in [5, 5.41) is 11.6. The minimum Gasteiger partial charge on any atom is -0.491 e. The van der Waals surface area contributed by atoms with Gasteiger partial charge in [0.2, 0.25) is 5.91 Å². The molecule has 0 saturated carbocycles. The summed E-state index contributed by atoms with van der Waals surface area (Å²) in [5.74, 6) is -1.08. The average Bonchev–Trinajstić information content (AvgIpc) is 2.39. The zero-order valence-corrected chi connectivity index (χ0v) is 12.9. The van der Waals surface area contributed by atoms with Gasteiger partial charge < -0.3 is 15.2 Å². The number of carbonyl (C=O) groups is 2. The van der Waals surface area contributed by atoms with E-state index in [1.807, 2.05) is 38.1 Å². The number of hydrogen-bond acceptors (Lipinski definition) is 3. The van der Waals surface area contributed by atoms with E-state index < -0.39 is 17.9 Å². The molecule has 0 fully saturated rings. The van der Waals surface area contributed by atoms with Crippen LogP contribution in [0.25, 0.3) is 0 Å². The summed E-state index contributed by atoms with van der Waals surface area (Å²) in [7, 11) is 0. The lowest BCUT2D eigenvalue weighted by atomic mass is 10.0. The summed E-state index contributed by atoms with van der Waals surface area (Å²) in [6, 6.07) is 6.94. The molecule has 0 aliphatic rings. The number of carboxylic acids is 1. The molecule has 1 rings (SSSR count). The van der Waals surface area contributed by atoms with Crippen molar-refractivity contribution < 1.29 is 19.4 Å². The fraction of sp³-hybridized carbons (Fsp3) is 0.500. The molecule has 0 radical (unpaired) electrons. The zero-order valence-electron chi connectivity index (χ0n) is 12.9. The Morgan fingerprint density at radius 1 is 1.19 bits per heavy atom. The highest BCUT2D eigenvalue weighted by Gasteiger charge is 2.21. The number of hydrogen-bond donors (Lipinski definition) is 2. The second-order valence-corrected chi connectivity index (χ2v) is 5.43. The van der Waals surface area contributed by atoms with Crippen LogP contribution in [-0.4, -0.2) is 29.1 Å². The summed E-state index contributed by atoms with van der Waals surface area (Å²) in [4.78, 5) is 22.9. The van der Waals surface area contributed by atoms with E-state index in [2.05, 4.69) is 5.32 Å². The van der Waals surface area contributed by atoms with Gasteiger partial charge in [-0.25, -0.2) is 0 Å². The maximum Gasteiger partial charge on any atom is 0.308 e. The number of rotatable bonds is 7. The Kier molecular flexibility index (Phi) is 6.21. The first-order valence-electron chi connectivity index (χ1n) is 7.08. The lowest BCUT2D eigenvalue weighted by Gasteiger charge is -2.19. The maximum atomic E-state index is 12.0. The molecule has 21 heavy (non-hydrogen) atoms. The molecule has 0 aromatic heterocycles. The quantitative estimate of drug-likeness (QED) is 0.808.